The van der Waals surface area contributed by atoms with Crippen molar-refractivity contribution in [2.75, 3.05) is 12.4 Å². The van der Waals surface area contributed by atoms with E-state index in [1.807, 2.05) is 26.2 Å². The Labute approximate surface area is 122 Å². The molecule has 1 aliphatic heterocycles. The number of hydrogen-bond donors (Lipinski definition) is 1. The first-order valence-corrected chi connectivity index (χ1v) is 7.49. The molecule has 110 valence electrons. The summed E-state index contributed by atoms with van der Waals surface area (Å²) in [6.45, 7) is 7.53. The Bertz CT molecular complexity index is 530. The molecule has 0 bridgehead atoms. The molecule has 2 heterocycles. The zero-order chi connectivity index (χ0) is 15.0. The van der Waals surface area contributed by atoms with Crippen LogP contribution in [-0.2, 0) is 4.79 Å². The smallest absolute Gasteiger partial charge is 0.324 e. The zero-order valence-electron chi connectivity index (χ0n) is 12.4. The van der Waals surface area contributed by atoms with E-state index in [1.54, 1.807) is 23.8 Å². The Kier molecular flexibility index (Phi) is 3.99. The Hall–Kier alpha value is -1.63. The van der Waals surface area contributed by atoms with Gasteiger partial charge in [-0.2, -0.15) is 0 Å². The molecule has 1 aromatic rings. The van der Waals surface area contributed by atoms with E-state index in [1.165, 1.54) is 11.3 Å². The van der Waals surface area contributed by atoms with Gasteiger partial charge in [0.1, 0.15) is 6.04 Å². The first-order valence-electron chi connectivity index (χ1n) is 6.61. The minimum atomic E-state index is -0.466. The fraction of sp³-hybridized carbons (Fsp3) is 0.615. The number of hydrogen-bond acceptors (Lipinski definition) is 4. The van der Waals surface area contributed by atoms with Gasteiger partial charge < -0.3 is 9.80 Å². The minimum Gasteiger partial charge on any atom is -0.339 e. The average Bonchev–Trinajstić information content (AvgIpc) is 2.79. The van der Waals surface area contributed by atoms with Crippen LogP contribution < -0.4 is 5.32 Å². The standard InChI is InChI=1S/C13H20N4O2S/c1-7-6-20-12(14-7)15-13(19)17-9(3)8(2)16(5)11(18)10(17)4/h6,8-10H,1-5H3,(H,14,15,19). The second-order valence-electron chi connectivity index (χ2n) is 5.24. The molecule has 1 saturated heterocycles. The quantitative estimate of drug-likeness (QED) is 0.861. The first-order chi connectivity index (χ1) is 9.32. The predicted octanol–water partition coefficient (Wildman–Crippen LogP) is 1.92. The fourth-order valence-electron chi connectivity index (χ4n) is 2.45. The number of amides is 3. The Morgan fingerprint density at radius 2 is 2.00 bits per heavy atom. The molecule has 0 saturated carbocycles. The van der Waals surface area contributed by atoms with Crippen LogP contribution in [0.25, 0.3) is 0 Å². The fourth-order valence-corrected chi connectivity index (χ4v) is 3.13. The summed E-state index contributed by atoms with van der Waals surface area (Å²) < 4.78 is 0. The molecule has 3 atom stereocenters. The van der Waals surface area contributed by atoms with E-state index in [2.05, 4.69) is 10.3 Å². The molecule has 7 heteroatoms. The highest BCUT2D eigenvalue weighted by atomic mass is 32.1. The highest BCUT2D eigenvalue weighted by Gasteiger charge is 2.41. The van der Waals surface area contributed by atoms with Gasteiger partial charge in [-0.15, -0.1) is 11.3 Å². The number of carbonyl (C=O) groups is 2. The molecule has 3 amide bonds. The summed E-state index contributed by atoms with van der Waals surface area (Å²) in [5.41, 5.74) is 0.870. The largest absolute Gasteiger partial charge is 0.339 e. The van der Waals surface area contributed by atoms with Crippen molar-refractivity contribution in [2.45, 2.75) is 45.8 Å². The number of carbonyl (C=O) groups excluding carboxylic acids is 2. The number of rotatable bonds is 1. The average molecular weight is 296 g/mol. The van der Waals surface area contributed by atoms with Crippen molar-refractivity contribution < 1.29 is 9.59 Å². The third kappa shape index (κ3) is 2.49. The van der Waals surface area contributed by atoms with Crippen LogP contribution in [0.4, 0.5) is 9.93 Å². The maximum Gasteiger partial charge on any atom is 0.324 e. The topological polar surface area (TPSA) is 65.5 Å². The van der Waals surface area contributed by atoms with Crippen molar-refractivity contribution in [1.29, 1.82) is 0 Å². The molecule has 2 rings (SSSR count). The van der Waals surface area contributed by atoms with Crippen LogP contribution in [0.15, 0.2) is 5.38 Å². The van der Waals surface area contributed by atoms with Crippen LogP contribution in [0, 0.1) is 6.92 Å². The van der Waals surface area contributed by atoms with Crippen molar-refractivity contribution in [1.82, 2.24) is 14.8 Å². The number of urea groups is 1. The summed E-state index contributed by atoms with van der Waals surface area (Å²) in [6.07, 6.45) is 0. The molecule has 0 spiro atoms. The van der Waals surface area contributed by atoms with E-state index in [-0.39, 0.29) is 24.0 Å². The summed E-state index contributed by atoms with van der Waals surface area (Å²) in [7, 11) is 1.78. The number of nitrogens with zero attached hydrogens (tertiary/aromatic N) is 3. The van der Waals surface area contributed by atoms with Gasteiger partial charge in [0.25, 0.3) is 0 Å². The molecule has 1 aliphatic rings. The molecular formula is C13H20N4O2S. The van der Waals surface area contributed by atoms with E-state index in [4.69, 9.17) is 0 Å². The zero-order valence-corrected chi connectivity index (χ0v) is 13.2. The number of aromatic nitrogens is 1. The van der Waals surface area contributed by atoms with Gasteiger partial charge in [0.2, 0.25) is 5.91 Å². The van der Waals surface area contributed by atoms with Gasteiger partial charge in [-0.25, -0.2) is 9.78 Å². The second-order valence-corrected chi connectivity index (χ2v) is 6.10. The highest BCUT2D eigenvalue weighted by Crippen LogP contribution is 2.23. The molecule has 0 aliphatic carbocycles. The summed E-state index contributed by atoms with van der Waals surface area (Å²) in [6, 6.07) is -0.795. The van der Waals surface area contributed by atoms with Gasteiger partial charge in [0, 0.05) is 18.5 Å². The predicted molar refractivity (Wildman–Crippen MR) is 78.9 cm³/mol. The number of nitrogens with one attached hydrogen (secondary N) is 1. The minimum absolute atomic E-state index is 0.0116. The van der Waals surface area contributed by atoms with E-state index >= 15 is 0 Å². The monoisotopic (exact) mass is 296 g/mol. The Balaban J connectivity index is 2.17. The molecule has 3 unspecified atom stereocenters. The third-order valence-corrected chi connectivity index (χ3v) is 4.81. The van der Waals surface area contributed by atoms with E-state index < -0.39 is 6.04 Å². The SMILES string of the molecule is Cc1csc(NC(=O)N2C(C)C(=O)N(C)C(C)C2C)n1. The lowest BCUT2D eigenvalue weighted by molar-refractivity contribution is -0.143. The number of piperazine rings is 1. The van der Waals surface area contributed by atoms with Crippen LogP contribution >= 0.6 is 11.3 Å². The second kappa shape index (κ2) is 5.40. The maximum atomic E-state index is 12.4. The first kappa shape index (κ1) is 14.8. The van der Waals surface area contributed by atoms with E-state index in [9.17, 15) is 9.59 Å². The van der Waals surface area contributed by atoms with Gasteiger partial charge in [-0.3, -0.25) is 10.1 Å². The highest BCUT2D eigenvalue weighted by molar-refractivity contribution is 7.13. The molecule has 6 nitrogen and oxygen atoms in total. The Morgan fingerprint density at radius 3 is 2.55 bits per heavy atom. The van der Waals surface area contributed by atoms with Gasteiger partial charge in [-0.05, 0) is 27.7 Å². The number of anilines is 1. The van der Waals surface area contributed by atoms with Crippen LogP contribution in [-0.4, -0.2) is 51.9 Å². The lowest BCUT2D eigenvalue weighted by atomic mass is 10.0. The van der Waals surface area contributed by atoms with Gasteiger partial charge >= 0.3 is 6.03 Å². The molecule has 20 heavy (non-hydrogen) atoms. The molecule has 1 aromatic heterocycles. The number of aryl methyl sites for hydroxylation is 1. The molecule has 1 N–H and O–H groups in total. The van der Waals surface area contributed by atoms with Crippen molar-refractivity contribution in [2.24, 2.45) is 0 Å². The summed E-state index contributed by atoms with van der Waals surface area (Å²) in [5.74, 6) is -0.0407. The van der Waals surface area contributed by atoms with Crippen molar-refractivity contribution in [3.63, 3.8) is 0 Å². The number of thiazole rings is 1. The Morgan fingerprint density at radius 1 is 1.35 bits per heavy atom. The third-order valence-electron chi connectivity index (χ3n) is 3.94. The van der Waals surface area contributed by atoms with Crippen LogP contribution in [0.1, 0.15) is 26.5 Å². The summed E-state index contributed by atoms with van der Waals surface area (Å²) >= 11 is 1.38. The number of likely N-dealkylation sites (N-methyl/N-ethyl adjacent to an activating group) is 1. The summed E-state index contributed by atoms with van der Waals surface area (Å²) in [4.78, 5) is 32.1. The van der Waals surface area contributed by atoms with Crippen molar-refractivity contribution in [3.8, 4) is 0 Å². The molecule has 0 aromatic carbocycles. The molecule has 0 radical (unpaired) electrons. The molecular weight excluding hydrogens is 276 g/mol. The lowest BCUT2D eigenvalue weighted by Gasteiger charge is -2.46. The lowest BCUT2D eigenvalue weighted by Crippen LogP contribution is -2.65. The van der Waals surface area contributed by atoms with E-state index in [0.29, 0.717) is 5.13 Å². The van der Waals surface area contributed by atoms with Gasteiger partial charge in [-0.1, -0.05) is 0 Å². The van der Waals surface area contributed by atoms with E-state index in [0.717, 1.165) is 5.69 Å². The van der Waals surface area contributed by atoms with Gasteiger partial charge in [0.05, 0.1) is 11.7 Å². The van der Waals surface area contributed by atoms with Crippen LogP contribution in [0.5, 0.6) is 0 Å². The van der Waals surface area contributed by atoms with Crippen molar-refractivity contribution >= 4 is 28.4 Å². The van der Waals surface area contributed by atoms with Crippen LogP contribution in [0.2, 0.25) is 0 Å². The normalized spacial score (nSPS) is 26.9. The summed E-state index contributed by atoms with van der Waals surface area (Å²) in [5, 5.41) is 5.21. The maximum absolute atomic E-state index is 12.4. The molecule has 1 fully saturated rings. The van der Waals surface area contributed by atoms with Gasteiger partial charge in [0.15, 0.2) is 5.13 Å². The van der Waals surface area contributed by atoms with Crippen LogP contribution in [0.3, 0.4) is 0 Å². The van der Waals surface area contributed by atoms with Crippen molar-refractivity contribution in [3.05, 3.63) is 11.1 Å².